The van der Waals surface area contributed by atoms with Crippen molar-refractivity contribution in [3.05, 3.63) is 64.4 Å². The van der Waals surface area contributed by atoms with Gasteiger partial charge < -0.3 is 14.6 Å². The van der Waals surface area contributed by atoms with Gasteiger partial charge in [-0.2, -0.15) is 0 Å². The summed E-state index contributed by atoms with van der Waals surface area (Å²) in [5, 5.41) is 11.2. The molecule has 0 fully saturated rings. The Kier molecular flexibility index (Phi) is 4.55. The van der Waals surface area contributed by atoms with E-state index in [0.717, 1.165) is 4.90 Å². The first kappa shape index (κ1) is 17.1. The number of anilines is 1. The van der Waals surface area contributed by atoms with E-state index in [1.54, 1.807) is 38.4 Å². The third-order valence-corrected chi connectivity index (χ3v) is 4.96. The molecule has 0 aliphatic heterocycles. The molecule has 0 saturated carbocycles. The number of fused-ring (bicyclic) bond motifs is 1. The molecule has 0 spiro atoms. The second-order valence-corrected chi connectivity index (χ2v) is 6.55. The standard InChI is InChI=1S/C19H18N2O3S/c1-20(12-7-5-4-6-8-12)18(23)16-17(22)14-11-13(25-3)9-10-15(14)21(2)19(16)24/h4-11,22H,1-3H3. The van der Waals surface area contributed by atoms with Crippen molar-refractivity contribution in [2.24, 2.45) is 7.05 Å². The second kappa shape index (κ2) is 6.64. The van der Waals surface area contributed by atoms with Crippen LogP contribution in [0.3, 0.4) is 0 Å². The number of aryl methyl sites for hydroxylation is 1. The van der Waals surface area contributed by atoms with Crippen LogP contribution in [0.2, 0.25) is 0 Å². The molecular formula is C19H18N2O3S. The van der Waals surface area contributed by atoms with Crippen LogP contribution < -0.4 is 10.5 Å². The lowest BCUT2D eigenvalue weighted by Crippen LogP contribution is -2.34. The smallest absolute Gasteiger partial charge is 0.267 e. The second-order valence-electron chi connectivity index (χ2n) is 5.67. The highest BCUT2D eigenvalue weighted by Gasteiger charge is 2.24. The lowest BCUT2D eigenvalue weighted by atomic mass is 10.1. The largest absolute Gasteiger partial charge is 0.506 e. The minimum absolute atomic E-state index is 0.223. The van der Waals surface area contributed by atoms with Gasteiger partial charge in [-0.05, 0) is 36.6 Å². The van der Waals surface area contributed by atoms with E-state index in [1.807, 2.05) is 30.5 Å². The zero-order chi connectivity index (χ0) is 18.1. The van der Waals surface area contributed by atoms with Gasteiger partial charge in [-0.1, -0.05) is 18.2 Å². The molecule has 2 aromatic carbocycles. The van der Waals surface area contributed by atoms with E-state index in [2.05, 4.69) is 0 Å². The minimum atomic E-state index is -0.541. The summed E-state index contributed by atoms with van der Waals surface area (Å²) in [6.45, 7) is 0. The third kappa shape index (κ3) is 2.89. The number of thioether (sulfide) groups is 1. The van der Waals surface area contributed by atoms with Crippen LogP contribution in [0.1, 0.15) is 10.4 Å². The summed E-state index contributed by atoms with van der Waals surface area (Å²) in [7, 11) is 3.18. The normalized spacial score (nSPS) is 10.8. The molecular weight excluding hydrogens is 336 g/mol. The molecule has 1 amide bonds. The molecule has 1 N–H and O–H groups in total. The van der Waals surface area contributed by atoms with Crippen molar-refractivity contribution in [2.45, 2.75) is 4.90 Å². The molecule has 5 nitrogen and oxygen atoms in total. The van der Waals surface area contributed by atoms with E-state index in [1.165, 1.54) is 21.2 Å². The Morgan fingerprint density at radius 2 is 1.84 bits per heavy atom. The molecule has 3 aromatic rings. The fraction of sp³-hybridized carbons (Fsp3) is 0.158. The first-order valence-corrected chi connectivity index (χ1v) is 8.91. The first-order valence-electron chi connectivity index (χ1n) is 7.68. The predicted molar refractivity (Wildman–Crippen MR) is 102 cm³/mol. The van der Waals surface area contributed by atoms with E-state index in [-0.39, 0.29) is 11.3 Å². The van der Waals surface area contributed by atoms with Crippen molar-refractivity contribution in [2.75, 3.05) is 18.2 Å². The van der Waals surface area contributed by atoms with Crippen LogP contribution >= 0.6 is 11.8 Å². The summed E-state index contributed by atoms with van der Waals surface area (Å²) in [6.07, 6.45) is 1.93. The van der Waals surface area contributed by atoms with Gasteiger partial charge in [0.25, 0.3) is 11.5 Å². The molecule has 0 bridgehead atoms. The summed E-state index contributed by atoms with van der Waals surface area (Å²) in [4.78, 5) is 27.9. The molecule has 3 rings (SSSR count). The van der Waals surface area contributed by atoms with Crippen LogP contribution in [0.5, 0.6) is 5.75 Å². The highest BCUT2D eigenvalue weighted by Crippen LogP contribution is 2.30. The Morgan fingerprint density at radius 1 is 1.16 bits per heavy atom. The van der Waals surface area contributed by atoms with Gasteiger partial charge in [-0.25, -0.2) is 0 Å². The average molecular weight is 354 g/mol. The van der Waals surface area contributed by atoms with Crippen LogP contribution in [-0.2, 0) is 7.05 Å². The Labute approximate surface area is 149 Å². The molecule has 1 aromatic heterocycles. The fourth-order valence-electron chi connectivity index (χ4n) is 2.77. The summed E-state index contributed by atoms with van der Waals surface area (Å²) in [6, 6.07) is 14.4. The number of hydrogen-bond donors (Lipinski definition) is 1. The molecule has 0 atom stereocenters. The maximum absolute atomic E-state index is 12.9. The summed E-state index contributed by atoms with van der Waals surface area (Å²) < 4.78 is 1.39. The number of benzene rings is 2. The van der Waals surface area contributed by atoms with E-state index in [4.69, 9.17) is 0 Å². The van der Waals surface area contributed by atoms with Gasteiger partial charge in [-0.3, -0.25) is 9.59 Å². The molecule has 128 valence electrons. The van der Waals surface area contributed by atoms with Crippen LogP contribution in [0.25, 0.3) is 10.9 Å². The highest BCUT2D eigenvalue weighted by molar-refractivity contribution is 7.98. The zero-order valence-corrected chi connectivity index (χ0v) is 15.0. The van der Waals surface area contributed by atoms with Crippen LogP contribution in [-0.4, -0.2) is 28.9 Å². The Hall–Kier alpha value is -2.73. The van der Waals surface area contributed by atoms with E-state index >= 15 is 0 Å². The zero-order valence-electron chi connectivity index (χ0n) is 14.2. The maximum Gasteiger partial charge on any atom is 0.267 e. The molecule has 6 heteroatoms. The van der Waals surface area contributed by atoms with Gasteiger partial charge in [0.2, 0.25) is 0 Å². The molecule has 0 saturated heterocycles. The molecule has 0 aliphatic carbocycles. The molecule has 25 heavy (non-hydrogen) atoms. The Bertz CT molecular complexity index is 1010. The highest BCUT2D eigenvalue weighted by atomic mass is 32.2. The van der Waals surface area contributed by atoms with Crippen molar-refractivity contribution in [1.82, 2.24) is 4.57 Å². The van der Waals surface area contributed by atoms with Crippen molar-refractivity contribution in [3.63, 3.8) is 0 Å². The van der Waals surface area contributed by atoms with Gasteiger partial charge >= 0.3 is 0 Å². The number of hydrogen-bond acceptors (Lipinski definition) is 4. The number of amides is 1. The van der Waals surface area contributed by atoms with Crippen LogP contribution in [0.15, 0.2) is 58.2 Å². The molecule has 1 heterocycles. The number of rotatable bonds is 3. The van der Waals surface area contributed by atoms with Gasteiger partial charge in [0.1, 0.15) is 11.3 Å². The number of para-hydroxylation sites is 1. The maximum atomic E-state index is 12.9. The Morgan fingerprint density at radius 3 is 2.48 bits per heavy atom. The number of aromatic nitrogens is 1. The lowest BCUT2D eigenvalue weighted by molar-refractivity contribution is 0.0988. The van der Waals surface area contributed by atoms with Gasteiger partial charge in [-0.15, -0.1) is 11.8 Å². The predicted octanol–water partition coefficient (Wildman–Crippen LogP) is 3.24. The summed E-state index contributed by atoms with van der Waals surface area (Å²) in [5.74, 6) is -0.817. The topological polar surface area (TPSA) is 62.5 Å². The number of nitrogens with zero attached hydrogens (tertiary/aromatic N) is 2. The summed E-state index contributed by atoms with van der Waals surface area (Å²) >= 11 is 1.53. The quantitative estimate of drug-likeness (QED) is 0.734. The van der Waals surface area contributed by atoms with Gasteiger partial charge in [0.05, 0.1) is 5.52 Å². The van der Waals surface area contributed by atoms with E-state index in [0.29, 0.717) is 16.6 Å². The number of pyridine rings is 1. The first-order chi connectivity index (χ1) is 12.0. The van der Waals surface area contributed by atoms with Crippen LogP contribution in [0.4, 0.5) is 5.69 Å². The van der Waals surface area contributed by atoms with E-state index in [9.17, 15) is 14.7 Å². The van der Waals surface area contributed by atoms with Crippen molar-refractivity contribution in [3.8, 4) is 5.75 Å². The molecule has 0 radical (unpaired) electrons. The number of carbonyl (C=O) groups excluding carboxylic acids is 1. The van der Waals surface area contributed by atoms with E-state index < -0.39 is 11.5 Å². The fourth-order valence-corrected chi connectivity index (χ4v) is 3.21. The monoisotopic (exact) mass is 354 g/mol. The van der Waals surface area contributed by atoms with Crippen LogP contribution in [0, 0.1) is 0 Å². The SMILES string of the molecule is CSc1ccc2c(c1)c(O)c(C(=O)N(C)c1ccccc1)c(=O)n2C. The van der Waals surface area contributed by atoms with Gasteiger partial charge in [0, 0.05) is 30.1 Å². The van der Waals surface area contributed by atoms with Gasteiger partial charge in [0.15, 0.2) is 0 Å². The van der Waals surface area contributed by atoms with Crippen molar-refractivity contribution < 1.29 is 9.90 Å². The van der Waals surface area contributed by atoms with Crippen molar-refractivity contribution in [1.29, 1.82) is 0 Å². The minimum Gasteiger partial charge on any atom is -0.506 e. The summed E-state index contributed by atoms with van der Waals surface area (Å²) in [5.41, 5.74) is 0.486. The molecule has 0 unspecified atom stereocenters. The Balaban J connectivity index is 2.22. The average Bonchev–Trinajstić information content (AvgIpc) is 2.65. The lowest BCUT2D eigenvalue weighted by Gasteiger charge is -2.19. The van der Waals surface area contributed by atoms with Crippen molar-refractivity contribution >= 4 is 34.3 Å². The number of aromatic hydroxyl groups is 1. The number of carbonyl (C=O) groups is 1. The third-order valence-electron chi connectivity index (χ3n) is 4.24. The molecule has 0 aliphatic rings.